The van der Waals surface area contributed by atoms with E-state index in [1.54, 1.807) is 55.6 Å². The first-order valence-corrected chi connectivity index (χ1v) is 5.32. The fraction of sp³-hybridized carbons (Fsp3) is 0.143. The van der Waals surface area contributed by atoms with Gasteiger partial charge in [0.1, 0.15) is 17.6 Å². The van der Waals surface area contributed by atoms with Gasteiger partial charge in [-0.25, -0.2) is 0 Å². The second-order valence-electron chi connectivity index (χ2n) is 3.74. The molecule has 0 aliphatic rings. The molecule has 2 rings (SSSR count). The molecule has 2 aromatic rings. The molecule has 2 aromatic carbocycles. The van der Waals surface area contributed by atoms with Crippen LogP contribution in [-0.2, 0) is 0 Å². The fourth-order valence-electron chi connectivity index (χ4n) is 1.71. The third kappa shape index (κ3) is 2.40. The lowest BCUT2D eigenvalue weighted by atomic mass is 10.0. The van der Waals surface area contributed by atoms with Crippen LogP contribution in [0.5, 0.6) is 11.5 Å². The number of benzene rings is 2. The van der Waals surface area contributed by atoms with Gasteiger partial charge in [0.05, 0.1) is 7.11 Å². The van der Waals surface area contributed by atoms with Crippen LogP contribution in [0.1, 0.15) is 17.2 Å². The normalized spacial score (nSPS) is 12.1. The number of phenols is 1. The summed E-state index contributed by atoms with van der Waals surface area (Å²) >= 11 is 0. The molecule has 0 heterocycles. The molecule has 1 unspecified atom stereocenters. The van der Waals surface area contributed by atoms with E-state index in [4.69, 9.17) is 4.74 Å². The number of aliphatic hydroxyl groups excluding tert-OH is 1. The Balaban J connectivity index is 2.37. The lowest BCUT2D eigenvalue weighted by Crippen LogP contribution is -2.00. The highest BCUT2D eigenvalue weighted by Gasteiger charge is 2.14. The lowest BCUT2D eigenvalue weighted by molar-refractivity contribution is 0.215. The van der Waals surface area contributed by atoms with E-state index in [1.807, 2.05) is 0 Å². The third-order valence-corrected chi connectivity index (χ3v) is 2.64. The van der Waals surface area contributed by atoms with Crippen molar-refractivity contribution >= 4 is 0 Å². The van der Waals surface area contributed by atoms with Gasteiger partial charge in [-0.05, 0) is 23.8 Å². The van der Waals surface area contributed by atoms with Gasteiger partial charge >= 0.3 is 0 Å². The van der Waals surface area contributed by atoms with E-state index >= 15 is 0 Å². The molecule has 0 aliphatic carbocycles. The van der Waals surface area contributed by atoms with Crippen molar-refractivity contribution in [2.75, 3.05) is 7.11 Å². The maximum absolute atomic E-state index is 10.2. The maximum atomic E-state index is 10.2. The summed E-state index contributed by atoms with van der Waals surface area (Å²) in [5, 5.41) is 19.9. The van der Waals surface area contributed by atoms with Crippen molar-refractivity contribution in [3.8, 4) is 11.5 Å². The minimum Gasteiger partial charge on any atom is -0.508 e. The van der Waals surface area contributed by atoms with Gasteiger partial charge in [0.25, 0.3) is 0 Å². The van der Waals surface area contributed by atoms with Crippen molar-refractivity contribution in [3.63, 3.8) is 0 Å². The number of hydrogen-bond donors (Lipinski definition) is 2. The average molecular weight is 230 g/mol. The SMILES string of the molecule is COc1cccc(C(O)c2ccccc2O)c1. The maximum Gasteiger partial charge on any atom is 0.121 e. The molecule has 0 fully saturated rings. The van der Waals surface area contributed by atoms with E-state index in [9.17, 15) is 10.2 Å². The number of methoxy groups -OCH3 is 1. The Bertz CT molecular complexity index is 508. The molecule has 0 spiro atoms. The highest BCUT2D eigenvalue weighted by atomic mass is 16.5. The third-order valence-electron chi connectivity index (χ3n) is 2.64. The van der Waals surface area contributed by atoms with Crippen LogP contribution >= 0.6 is 0 Å². The number of aromatic hydroxyl groups is 1. The molecular formula is C14H14O3. The molecule has 0 amide bonds. The van der Waals surface area contributed by atoms with E-state index in [-0.39, 0.29) is 5.75 Å². The largest absolute Gasteiger partial charge is 0.508 e. The predicted octanol–water partition coefficient (Wildman–Crippen LogP) is 2.48. The van der Waals surface area contributed by atoms with Crippen LogP contribution in [0.3, 0.4) is 0 Å². The van der Waals surface area contributed by atoms with Crippen LogP contribution < -0.4 is 4.74 Å². The molecule has 0 aromatic heterocycles. The summed E-state index contributed by atoms with van der Waals surface area (Å²) in [7, 11) is 1.57. The summed E-state index contributed by atoms with van der Waals surface area (Å²) in [4.78, 5) is 0. The predicted molar refractivity (Wildman–Crippen MR) is 65.2 cm³/mol. The van der Waals surface area contributed by atoms with E-state index in [0.717, 1.165) is 0 Å². The van der Waals surface area contributed by atoms with Crippen LogP contribution in [0.25, 0.3) is 0 Å². The second-order valence-corrected chi connectivity index (χ2v) is 3.74. The van der Waals surface area contributed by atoms with E-state index in [1.165, 1.54) is 0 Å². The monoisotopic (exact) mass is 230 g/mol. The van der Waals surface area contributed by atoms with Gasteiger partial charge in [-0.15, -0.1) is 0 Å². The van der Waals surface area contributed by atoms with Crippen LogP contribution in [0.2, 0.25) is 0 Å². The first kappa shape index (κ1) is 11.5. The summed E-state index contributed by atoms with van der Waals surface area (Å²) in [6, 6.07) is 13.9. The summed E-state index contributed by atoms with van der Waals surface area (Å²) in [6.45, 7) is 0. The molecule has 1 atom stereocenters. The highest BCUT2D eigenvalue weighted by molar-refractivity contribution is 5.41. The Kier molecular flexibility index (Phi) is 3.30. The number of hydrogen-bond acceptors (Lipinski definition) is 3. The number of phenolic OH excluding ortho intramolecular Hbond substituents is 1. The summed E-state index contributed by atoms with van der Waals surface area (Å²) in [5.41, 5.74) is 1.17. The fourth-order valence-corrected chi connectivity index (χ4v) is 1.71. The standard InChI is InChI=1S/C14H14O3/c1-17-11-6-4-5-10(9-11)14(16)12-7-2-3-8-13(12)15/h2-9,14-16H,1H3. The quantitative estimate of drug-likeness (QED) is 0.851. The Morgan fingerprint density at radius 3 is 2.53 bits per heavy atom. The van der Waals surface area contributed by atoms with E-state index in [0.29, 0.717) is 16.9 Å². The molecule has 88 valence electrons. The topological polar surface area (TPSA) is 49.7 Å². The Morgan fingerprint density at radius 1 is 1.06 bits per heavy atom. The smallest absolute Gasteiger partial charge is 0.121 e. The Hall–Kier alpha value is -2.00. The van der Waals surface area contributed by atoms with Crippen LogP contribution in [-0.4, -0.2) is 17.3 Å². The van der Waals surface area contributed by atoms with Gasteiger partial charge in [0.2, 0.25) is 0 Å². The van der Waals surface area contributed by atoms with E-state index in [2.05, 4.69) is 0 Å². The van der Waals surface area contributed by atoms with Crippen molar-refractivity contribution < 1.29 is 14.9 Å². The van der Waals surface area contributed by atoms with Gasteiger partial charge in [-0.2, -0.15) is 0 Å². The molecule has 3 heteroatoms. The molecule has 2 N–H and O–H groups in total. The van der Waals surface area contributed by atoms with Crippen molar-refractivity contribution in [2.45, 2.75) is 6.10 Å². The minimum atomic E-state index is -0.855. The highest BCUT2D eigenvalue weighted by Crippen LogP contribution is 2.30. The first-order chi connectivity index (χ1) is 8.22. The summed E-state index contributed by atoms with van der Waals surface area (Å²) < 4.78 is 5.10. The molecule has 0 aliphatic heterocycles. The zero-order chi connectivity index (χ0) is 12.3. The van der Waals surface area contributed by atoms with Crippen LogP contribution in [0.15, 0.2) is 48.5 Å². The Labute approximate surface area is 99.9 Å². The molecule has 17 heavy (non-hydrogen) atoms. The average Bonchev–Trinajstić information content (AvgIpc) is 2.38. The van der Waals surface area contributed by atoms with Gasteiger partial charge < -0.3 is 14.9 Å². The van der Waals surface area contributed by atoms with Gasteiger partial charge in [0.15, 0.2) is 0 Å². The molecular weight excluding hydrogens is 216 g/mol. The Morgan fingerprint density at radius 2 is 1.82 bits per heavy atom. The minimum absolute atomic E-state index is 0.0859. The lowest BCUT2D eigenvalue weighted by Gasteiger charge is -2.13. The summed E-state index contributed by atoms with van der Waals surface area (Å²) in [6.07, 6.45) is -0.855. The van der Waals surface area contributed by atoms with Crippen molar-refractivity contribution in [2.24, 2.45) is 0 Å². The van der Waals surface area contributed by atoms with Crippen molar-refractivity contribution in [3.05, 3.63) is 59.7 Å². The summed E-state index contributed by atoms with van der Waals surface area (Å²) in [5.74, 6) is 0.764. The molecule has 3 nitrogen and oxygen atoms in total. The molecule has 0 saturated carbocycles. The number of ether oxygens (including phenoxy) is 1. The van der Waals surface area contributed by atoms with E-state index < -0.39 is 6.10 Å². The van der Waals surface area contributed by atoms with Crippen LogP contribution in [0.4, 0.5) is 0 Å². The van der Waals surface area contributed by atoms with Gasteiger partial charge in [0, 0.05) is 5.56 Å². The van der Waals surface area contributed by atoms with Gasteiger partial charge in [-0.3, -0.25) is 0 Å². The van der Waals surface area contributed by atoms with Crippen molar-refractivity contribution in [1.82, 2.24) is 0 Å². The number of para-hydroxylation sites is 1. The first-order valence-electron chi connectivity index (χ1n) is 5.32. The number of aliphatic hydroxyl groups is 1. The second kappa shape index (κ2) is 4.89. The van der Waals surface area contributed by atoms with Crippen molar-refractivity contribution in [1.29, 1.82) is 0 Å². The molecule has 0 radical (unpaired) electrons. The van der Waals surface area contributed by atoms with Crippen LogP contribution in [0, 0.1) is 0 Å². The number of rotatable bonds is 3. The van der Waals surface area contributed by atoms with Gasteiger partial charge in [-0.1, -0.05) is 30.3 Å². The molecule has 0 bridgehead atoms. The molecule has 0 saturated heterocycles. The zero-order valence-electron chi connectivity index (χ0n) is 9.50. The zero-order valence-corrected chi connectivity index (χ0v) is 9.50.